The van der Waals surface area contributed by atoms with E-state index in [2.05, 4.69) is 24.0 Å². The first-order valence-corrected chi connectivity index (χ1v) is 4.66. The topological polar surface area (TPSA) is 26.3 Å². The molecule has 70 valence electrons. The molecule has 0 aliphatic heterocycles. The summed E-state index contributed by atoms with van der Waals surface area (Å²) in [6.45, 7) is 2.18. The number of hydrogen-bond acceptors (Lipinski definition) is 2. The van der Waals surface area contributed by atoms with Crippen molar-refractivity contribution in [2.75, 3.05) is 6.61 Å². The SMILES string of the molecule is CCOC(=O)C#CC1CC=CCC1. The lowest BCUT2D eigenvalue weighted by Crippen LogP contribution is -2.03. The van der Waals surface area contributed by atoms with Crippen LogP contribution in [0.1, 0.15) is 26.2 Å². The fourth-order valence-electron chi connectivity index (χ4n) is 1.25. The lowest BCUT2D eigenvalue weighted by atomic mass is 9.95. The maximum absolute atomic E-state index is 10.9. The van der Waals surface area contributed by atoms with Gasteiger partial charge in [0, 0.05) is 11.8 Å². The third-order valence-electron chi connectivity index (χ3n) is 1.92. The van der Waals surface area contributed by atoms with Gasteiger partial charge in [0.25, 0.3) is 0 Å². The first kappa shape index (κ1) is 9.85. The fourth-order valence-corrected chi connectivity index (χ4v) is 1.25. The van der Waals surface area contributed by atoms with Crippen LogP contribution in [0, 0.1) is 17.8 Å². The molecule has 0 bridgehead atoms. The smallest absolute Gasteiger partial charge is 0.384 e. The molecule has 0 radical (unpaired) electrons. The minimum absolute atomic E-state index is 0.342. The van der Waals surface area contributed by atoms with Crippen molar-refractivity contribution in [1.29, 1.82) is 0 Å². The number of esters is 1. The van der Waals surface area contributed by atoms with E-state index in [0.29, 0.717) is 12.5 Å². The van der Waals surface area contributed by atoms with Crippen LogP contribution in [0.4, 0.5) is 0 Å². The molecule has 0 aromatic heterocycles. The zero-order chi connectivity index (χ0) is 9.52. The molecule has 0 aromatic carbocycles. The summed E-state index contributed by atoms with van der Waals surface area (Å²) in [5, 5.41) is 0. The van der Waals surface area contributed by atoms with Gasteiger partial charge in [-0.15, -0.1) is 0 Å². The number of allylic oxidation sites excluding steroid dienone is 2. The summed E-state index contributed by atoms with van der Waals surface area (Å²) >= 11 is 0. The van der Waals surface area contributed by atoms with Crippen molar-refractivity contribution < 1.29 is 9.53 Å². The Kier molecular flexibility index (Phi) is 4.11. The van der Waals surface area contributed by atoms with Crippen LogP contribution in [0.5, 0.6) is 0 Å². The lowest BCUT2D eigenvalue weighted by molar-refractivity contribution is -0.136. The highest BCUT2D eigenvalue weighted by molar-refractivity contribution is 5.88. The minimum atomic E-state index is -0.406. The second-order valence-electron chi connectivity index (χ2n) is 2.97. The second kappa shape index (κ2) is 5.42. The van der Waals surface area contributed by atoms with E-state index in [9.17, 15) is 4.79 Å². The zero-order valence-electron chi connectivity index (χ0n) is 7.88. The van der Waals surface area contributed by atoms with Gasteiger partial charge >= 0.3 is 5.97 Å². The van der Waals surface area contributed by atoms with Crippen LogP contribution in [0.2, 0.25) is 0 Å². The van der Waals surface area contributed by atoms with Crippen LogP contribution < -0.4 is 0 Å². The summed E-state index contributed by atoms with van der Waals surface area (Å²) in [5.41, 5.74) is 0. The number of carbonyl (C=O) groups excluding carboxylic acids is 1. The van der Waals surface area contributed by atoms with Crippen molar-refractivity contribution in [2.45, 2.75) is 26.2 Å². The Bertz CT molecular complexity index is 255. The molecule has 0 N–H and O–H groups in total. The summed E-state index contributed by atoms with van der Waals surface area (Å²) in [5.74, 6) is 5.38. The Morgan fingerprint density at radius 3 is 3.08 bits per heavy atom. The highest BCUT2D eigenvalue weighted by atomic mass is 16.5. The van der Waals surface area contributed by atoms with Gasteiger partial charge in [0.05, 0.1) is 6.61 Å². The van der Waals surface area contributed by atoms with Crippen molar-refractivity contribution in [3.05, 3.63) is 12.2 Å². The molecule has 13 heavy (non-hydrogen) atoms. The van der Waals surface area contributed by atoms with E-state index in [1.165, 1.54) is 0 Å². The van der Waals surface area contributed by atoms with Gasteiger partial charge in [-0.05, 0) is 26.2 Å². The first-order chi connectivity index (χ1) is 6.33. The van der Waals surface area contributed by atoms with Gasteiger partial charge in [-0.2, -0.15) is 0 Å². The Balaban J connectivity index is 2.37. The molecule has 2 nitrogen and oxygen atoms in total. The second-order valence-corrected chi connectivity index (χ2v) is 2.97. The van der Waals surface area contributed by atoms with Crippen molar-refractivity contribution in [3.63, 3.8) is 0 Å². The molecule has 0 amide bonds. The van der Waals surface area contributed by atoms with Crippen LogP contribution in [-0.2, 0) is 9.53 Å². The molecular formula is C11H14O2. The maximum atomic E-state index is 10.9. The standard InChI is InChI=1S/C11H14O2/c1-2-13-11(12)9-8-10-6-4-3-5-7-10/h3-4,10H,2,5-7H2,1H3. The Hall–Kier alpha value is -1.23. The van der Waals surface area contributed by atoms with E-state index in [1.54, 1.807) is 6.92 Å². The highest BCUT2D eigenvalue weighted by Crippen LogP contribution is 2.16. The Labute approximate surface area is 79.0 Å². The summed E-state index contributed by atoms with van der Waals surface area (Å²) < 4.78 is 4.70. The van der Waals surface area contributed by atoms with Crippen molar-refractivity contribution in [3.8, 4) is 11.8 Å². The van der Waals surface area contributed by atoms with E-state index in [1.807, 2.05) is 0 Å². The highest BCUT2D eigenvalue weighted by Gasteiger charge is 2.05. The van der Waals surface area contributed by atoms with Crippen LogP contribution in [0.25, 0.3) is 0 Å². The number of carbonyl (C=O) groups is 1. The molecule has 1 atom stereocenters. The first-order valence-electron chi connectivity index (χ1n) is 4.66. The fraction of sp³-hybridized carbons (Fsp3) is 0.545. The Morgan fingerprint density at radius 1 is 1.62 bits per heavy atom. The molecule has 0 aromatic rings. The van der Waals surface area contributed by atoms with Crippen molar-refractivity contribution in [2.24, 2.45) is 5.92 Å². The van der Waals surface area contributed by atoms with Crippen molar-refractivity contribution in [1.82, 2.24) is 0 Å². The van der Waals surface area contributed by atoms with E-state index in [-0.39, 0.29) is 0 Å². The predicted octanol–water partition coefficient (Wildman–Crippen LogP) is 1.91. The van der Waals surface area contributed by atoms with Gasteiger partial charge in [-0.3, -0.25) is 0 Å². The quantitative estimate of drug-likeness (QED) is 0.265. The molecule has 0 saturated carbocycles. The van der Waals surface area contributed by atoms with E-state index >= 15 is 0 Å². The number of ether oxygens (including phenoxy) is 1. The molecule has 1 aliphatic rings. The zero-order valence-corrected chi connectivity index (χ0v) is 7.88. The van der Waals surface area contributed by atoms with Crippen molar-refractivity contribution >= 4 is 5.97 Å². The molecule has 0 saturated heterocycles. The number of rotatable bonds is 1. The molecule has 0 heterocycles. The predicted molar refractivity (Wildman–Crippen MR) is 50.9 cm³/mol. The summed E-state index contributed by atoms with van der Waals surface area (Å²) in [7, 11) is 0. The molecule has 2 heteroatoms. The van der Waals surface area contributed by atoms with E-state index in [4.69, 9.17) is 4.74 Å². The minimum Gasteiger partial charge on any atom is -0.456 e. The lowest BCUT2D eigenvalue weighted by Gasteiger charge is -2.09. The molecule has 0 fully saturated rings. The summed E-state index contributed by atoms with van der Waals surface area (Å²) in [6, 6.07) is 0. The summed E-state index contributed by atoms with van der Waals surface area (Å²) in [4.78, 5) is 10.9. The molecule has 0 spiro atoms. The molecule has 1 unspecified atom stereocenters. The molecule has 1 aliphatic carbocycles. The average Bonchev–Trinajstić information content (AvgIpc) is 2.17. The Morgan fingerprint density at radius 2 is 2.46 bits per heavy atom. The third kappa shape index (κ3) is 3.80. The van der Waals surface area contributed by atoms with Gasteiger partial charge in [-0.1, -0.05) is 18.1 Å². The molecule has 1 rings (SSSR count). The van der Waals surface area contributed by atoms with Gasteiger partial charge in [0.1, 0.15) is 0 Å². The monoisotopic (exact) mass is 178 g/mol. The van der Waals surface area contributed by atoms with Crippen LogP contribution in [0.3, 0.4) is 0 Å². The van der Waals surface area contributed by atoms with Gasteiger partial charge in [-0.25, -0.2) is 4.79 Å². The average molecular weight is 178 g/mol. The summed E-state index contributed by atoms with van der Waals surface area (Å²) in [6.07, 6.45) is 7.37. The van der Waals surface area contributed by atoms with Crippen LogP contribution in [0.15, 0.2) is 12.2 Å². The largest absolute Gasteiger partial charge is 0.456 e. The van der Waals surface area contributed by atoms with Crippen LogP contribution >= 0.6 is 0 Å². The van der Waals surface area contributed by atoms with Gasteiger partial charge < -0.3 is 4.74 Å². The third-order valence-corrected chi connectivity index (χ3v) is 1.92. The number of hydrogen-bond donors (Lipinski definition) is 0. The van der Waals surface area contributed by atoms with Gasteiger partial charge in [0.2, 0.25) is 0 Å². The van der Waals surface area contributed by atoms with E-state index < -0.39 is 5.97 Å². The van der Waals surface area contributed by atoms with Gasteiger partial charge in [0.15, 0.2) is 0 Å². The van der Waals surface area contributed by atoms with E-state index in [0.717, 1.165) is 19.3 Å². The normalized spacial score (nSPS) is 20.2. The molecular weight excluding hydrogens is 164 g/mol. The van der Waals surface area contributed by atoms with Crippen LogP contribution in [-0.4, -0.2) is 12.6 Å². The maximum Gasteiger partial charge on any atom is 0.384 e.